The molecule has 0 radical (unpaired) electrons. The molecule has 0 bridgehead atoms. The zero-order chi connectivity index (χ0) is 20.1. The van der Waals surface area contributed by atoms with Crippen LogP contribution in [0.4, 0.5) is 14.5 Å². The molecule has 2 heterocycles. The number of aliphatic hydroxyl groups excluding tert-OH is 1. The molecular weight excluding hydrogens is 374 g/mol. The summed E-state index contributed by atoms with van der Waals surface area (Å²) in [7, 11) is 0. The Bertz CT molecular complexity index is 963. The maximum absolute atomic E-state index is 13.8. The second-order valence-electron chi connectivity index (χ2n) is 6.89. The molecule has 7 nitrogen and oxygen atoms in total. The molecule has 0 spiro atoms. The van der Waals surface area contributed by atoms with Crippen LogP contribution in [0.1, 0.15) is 27.5 Å². The number of carbonyl (C=O) groups excluding carboxylic acids is 1. The van der Waals surface area contributed by atoms with Gasteiger partial charge in [-0.05, 0) is 17.7 Å². The Morgan fingerprint density at radius 3 is 2.61 bits per heavy atom. The number of nitro groups is 1. The molecule has 1 N–H and O–H groups in total. The molecule has 9 heteroatoms. The van der Waals surface area contributed by atoms with Gasteiger partial charge in [-0.3, -0.25) is 14.9 Å². The smallest absolute Gasteiger partial charge is 0.270 e. The Kier molecular flexibility index (Phi) is 4.26. The number of hydrogen-bond acceptors (Lipinski definition) is 5. The summed E-state index contributed by atoms with van der Waals surface area (Å²) in [4.78, 5) is 24.7. The first kappa shape index (κ1) is 18.3. The van der Waals surface area contributed by atoms with Crippen molar-refractivity contribution in [2.45, 2.75) is 24.3 Å². The van der Waals surface area contributed by atoms with Crippen LogP contribution in [0, 0.1) is 10.1 Å². The Balaban J connectivity index is 1.86. The van der Waals surface area contributed by atoms with Crippen molar-refractivity contribution in [1.82, 2.24) is 4.90 Å². The number of fused-ring (bicyclic) bond motifs is 2. The lowest BCUT2D eigenvalue weighted by atomic mass is 9.84. The van der Waals surface area contributed by atoms with Crippen LogP contribution < -0.4 is 4.74 Å². The molecule has 2 aliphatic rings. The lowest BCUT2D eigenvalue weighted by Gasteiger charge is -2.45. The number of nitro benzene ring substituents is 1. The Hall–Kier alpha value is -3.07. The number of alkyl halides is 2. The molecule has 2 atom stereocenters. The van der Waals surface area contributed by atoms with Crippen molar-refractivity contribution < 1.29 is 28.3 Å². The molecule has 2 aromatic carbocycles. The van der Waals surface area contributed by atoms with Crippen LogP contribution in [0.3, 0.4) is 0 Å². The SMILES string of the molecule is O=C1c2ccccc2CN1[C@@H]1c2cc([N+](=O)[O-])ccc2OC(CF)(CF)[C@H]1O. The van der Waals surface area contributed by atoms with Crippen molar-refractivity contribution in [2.24, 2.45) is 0 Å². The fourth-order valence-electron chi connectivity index (χ4n) is 3.80. The lowest BCUT2D eigenvalue weighted by Crippen LogP contribution is -2.59. The molecule has 2 aromatic rings. The number of aliphatic hydroxyl groups is 1. The van der Waals surface area contributed by atoms with Crippen molar-refractivity contribution in [3.05, 3.63) is 69.3 Å². The van der Waals surface area contributed by atoms with Crippen molar-refractivity contribution in [1.29, 1.82) is 0 Å². The van der Waals surface area contributed by atoms with Gasteiger partial charge in [-0.25, -0.2) is 8.78 Å². The van der Waals surface area contributed by atoms with Gasteiger partial charge in [-0.2, -0.15) is 0 Å². The first-order valence-electron chi connectivity index (χ1n) is 8.58. The van der Waals surface area contributed by atoms with E-state index in [1.54, 1.807) is 24.3 Å². The first-order valence-corrected chi connectivity index (χ1v) is 8.58. The number of non-ortho nitro benzene ring substituents is 1. The van der Waals surface area contributed by atoms with E-state index >= 15 is 0 Å². The third-order valence-electron chi connectivity index (χ3n) is 5.31. The highest BCUT2D eigenvalue weighted by Gasteiger charge is 2.54. The fourth-order valence-corrected chi connectivity index (χ4v) is 3.80. The van der Waals surface area contributed by atoms with Gasteiger partial charge < -0.3 is 14.7 Å². The Morgan fingerprint density at radius 2 is 1.96 bits per heavy atom. The summed E-state index contributed by atoms with van der Waals surface area (Å²) in [5.74, 6) is -0.425. The summed E-state index contributed by atoms with van der Waals surface area (Å²) in [5.41, 5.74) is -1.22. The Morgan fingerprint density at radius 1 is 1.25 bits per heavy atom. The van der Waals surface area contributed by atoms with E-state index in [1.807, 2.05) is 0 Å². The van der Waals surface area contributed by atoms with Crippen LogP contribution in [-0.2, 0) is 6.54 Å². The van der Waals surface area contributed by atoms with Gasteiger partial charge in [-0.15, -0.1) is 0 Å². The van der Waals surface area contributed by atoms with E-state index in [4.69, 9.17) is 4.74 Å². The lowest BCUT2D eigenvalue weighted by molar-refractivity contribution is -0.385. The quantitative estimate of drug-likeness (QED) is 0.640. The van der Waals surface area contributed by atoms with Crippen LogP contribution in [-0.4, -0.2) is 45.9 Å². The summed E-state index contributed by atoms with van der Waals surface area (Å²) in [6, 6.07) is 9.15. The van der Waals surface area contributed by atoms with Gasteiger partial charge in [0.2, 0.25) is 0 Å². The summed E-state index contributed by atoms with van der Waals surface area (Å²) < 4.78 is 32.9. The van der Waals surface area contributed by atoms with Crippen molar-refractivity contribution in [3.63, 3.8) is 0 Å². The van der Waals surface area contributed by atoms with E-state index in [9.17, 15) is 28.8 Å². The molecular formula is C19H16F2N2O5. The number of ether oxygens (including phenoxy) is 1. The van der Waals surface area contributed by atoms with Crippen LogP contribution >= 0.6 is 0 Å². The van der Waals surface area contributed by atoms with Crippen LogP contribution in [0.15, 0.2) is 42.5 Å². The van der Waals surface area contributed by atoms with E-state index in [2.05, 4.69) is 0 Å². The van der Waals surface area contributed by atoms with E-state index < -0.39 is 41.9 Å². The summed E-state index contributed by atoms with van der Waals surface area (Å²) in [6.07, 6.45) is -1.75. The molecule has 2 aliphatic heterocycles. The molecule has 0 fully saturated rings. The molecule has 4 rings (SSSR count). The van der Waals surface area contributed by atoms with E-state index in [-0.39, 0.29) is 23.5 Å². The third kappa shape index (κ3) is 2.54. The van der Waals surface area contributed by atoms with Gasteiger partial charge >= 0.3 is 0 Å². The molecule has 0 saturated heterocycles. The molecule has 0 aliphatic carbocycles. The zero-order valence-corrected chi connectivity index (χ0v) is 14.5. The second-order valence-corrected chi connectivity index (χ2v) is 6.89. The average Bonchev–Trinajstić information content (AvgIpc) is 3.03. The standard InChI is InChI=1S/C19H16F2N2O5/c20-9-19(10-21)17(24)16(14-7-12(23(26)27)5-6-15(14)28-19)22-8-11-3-1-2-4-13(11)18(22)25/h1-7,16-17,24H,8-10H2/t16-,17+/m1/s1. The number of nitrogens with zero attached hydrogens (tertiary/aromatic N) is 2. The van der Waals surface area contributed by atoms with Gasteiger partial charge in [0.1, 0.15) is 25.2 Å². The van der Waals surface area contributed by atoms with Crippen LogP contribution in [0.5, 0.6) is 5.75 Å². The van der Waals surface area contributed by atoms with Gasteiger partial charge in [0.05, 0.1) is 11.0 Å². The minimum atomic E-state index is -2.19. The molecule has 0 saturated carbocycles. The number of hydrogen-bond donors (Lipinski definition) is 1. The first-order chi connectivity index (χ1) is 13.4. The molecule has 28 heavy (non-hydrogen) atoms. The average molecular weight is 390 g/mol. The number of benzene rings is 2. The highest BCUT2D eigenvalue weighted by Crippen LogP contribution is 2.47. The maximum atomic E-state index is 13.8. The second kappa shape index (κ2) is 6.52. The predicted molar refractivity (Wildman–Crippen MR) is 93.5 cm³/mol. The van der Waals surface area contributed by atoms with Crippen molar-refractivity contribution in [3.8, 4) is 5.75 Å². The van der Waals surface area contributed by atoms with Gasteiger partial charge in [0, 0.05) is 29.8 Å². The summed E-state index contributed by atoms with van der Waals surface area (Å²) in [5, 5.41) is 22.0. The molecule has 1 amide bonds. The fraction of sp³-hybridized carbons (Fsp3) is 0.316. The summed E-state index contributed by atoms with van der Waals surface area (Å²) in [6.45, 7) is -2.55. The van der Waals surface area contributed by atoms with Crippen molar-refractivity contribution in [2.75, 3.05) is 13.3 Å². The number of halogens is 2. The zero-order valence-electron chi connectivity index (χ0n) is 14.5. The topological polar surface area (TPSA) is 92.9 Å². The third-order valence-corrected chi connectivity index (χ3v) is 5.31. The minimum Gasteiger partial charge on any atom is -0.479 e. The number of carbonyl (C=O) groups is 1. The highest BCUT2D eigenvalue weighted by molar-refractivity contribution is 5.98. The number of rotatable bonds is 4. The predicted octanol–water partition coefficient (Wildman–Crippen LogP) is 2.72. The largest absolute Gasteiger partial charge is 0.479 e. The number of amides is 1. The van der Waals surface area contributed by atoms with Crippen molar-refractivity contribution >= 4 is 11.6 Å². The van der Waals surface area contributed by atoms with E-state index in [0.717, 1.165) is 6.07 Å². The van der Waals surface area contributed by atoms with Gasteiger partial charge in [0.15, 0.2) is 5.60 Å². The van der Waals surface area contributed by atoms with Gasteiger partial charge in [-0.1, -0.05) is 18.2 Å². The molecule has 0 aromatic heterocycles. The summed E-state index contributed by atoms with van der Waals surface area (Å²) >= 11 is 0. The van der Waals surface area contributed by atoms with E-state index in [0.29, 0.717) is 11.1 Å². The molecule has 146 valence electrons. The highest BCUT2D eigenvalue weighted by atomic mass is 19.1. The van der Waals surface area contributed by atoms with E-state index in [1.165, 1.54) is 17.0 Å². The van der Waals surface area contributed by atoms with Crippen LogP contribution in [0.2, 0.25) is 0 Å². The molecule has 0 unspecified atom stereocenters. The minimum absolute atomic E-state index is 0.0000406. The monoisotopic (exact) mass is 390 g/mol. The normalized spacial score (nSPS) is 22.4. The Labute approximate surface area is 158 Å². The maximum Gasteiger partial charge on any atom is 0.270 e. The van der Waals surface area contributed by atoms with Crippen LogP contribution in [0.25, 0.3) is 0 Å². The van der Waals surface area contributed by atoms with Gasteiger partial charge in [0.25, 0.3) is 11.6 Å².